The fourth-order valence-electron chi connectivity index (χ4n) is 3.18. The minimum absolute atomic E-state index is 0.0435. The number of carbonyl (C=O) groups is 2. The molecule has 11 nitrogen and oxygen atoms in total. The molecule has 0 saturated carbocycles. The zero-order chi connectivity index (χ0) is 23.4. The lowest BCUT2D eigenvalue weighted by Gasteiger charge is -2.15. The van der Waals surface area contributed by atoms with Gasteiger partial charge in [-0.3, -0.25) is 19.2 Å². The third-order valence-corrected chi connectivity index (χ3v) is 6.51. The van der Waals surface area contributed by atoms with Gasteiger partial charge in [0.15, 0.2) is 5.78 Å². The minimum atomic E-state index is -4.18. The molecule has 1 N–H and O–H groups in total. The maximum atomic E-state index is 12.7. The second-order valence-corrected chi connectivity index (χ2v) is 8.86. The van der Waals surface area contributed by atoms with Crippen LogP contribution in [0.15, 0.2) is 75.0 Å². The maximum absolute atomic E-state index is 12.7. The zero-order valence-corrected chi connectivity index (χ0v) is 17.9. The SMILES string of the molecule is O=C1C=C(NCCCCOc2no[n+]([O-])c2S(=O)(=O)c2ccccc2)C(=O)c2ncccc21. The number of hydrogen-bond acceptors (Lipinski definition) is 10. The van der Waals surface area contributed by atoms with Crippen molar-refractivity contribution < 1.29 is 32.3 Å². The van der Waals surface area contributed by atoms with Gasteiger partial charge in [0.05, 0.1) is 27.9 Å². The standard InChI is InChI=1S/C21H18N4O7S/c26-17-13-16(19(27)18-15(17)9-6-11-23-18)22-10-4-5-12-31-20-21(25(28)32-24-20)33(29,30)14-7-2-1-3-8-14/h1-3,6-9,11,13,22H,4-5,10,12H2. The Morgan fingerprint density at radius 1 is 1.09 bits per heavy atom. The molecule has 0 saturated heterocycles. The molecule has 170 valence electrons. The van der Waals surface area contributed by atoms with Gasteiger partial charge in [-0.2, -0.15) is 0 Å². The van der Waals surface area contributed by atoms with Crippen LogP contribution in [-0.2, 0) is 9.84 Å². The summed E-state index contributed by atoms with van der Waals surface area (Å²) >= 11 is 0. The third-order valence-electron chi connectivity index (χ3n) is 4.79. The van der Waals surface area contributed by atoms with Gasteiger partial charge < -0.3 is 15.3 Å². The summed E-state index contributed by atoms with van der Waals surface area (Å²) in [5, 5.41) is 17.4. The first-order chi connectivity index (χ1) is 15.9. The molecule has 3 aromatic rings. The van der Waals surface area contributed by atoms with E-state index in [0.717, 1.165) is 0 Å². The number of Topliss-reactive ketones (excluding diaryl/α,β-unsaturated/α-hetero) is 1. The van der Waals surface area contributed by atoms with Crippen LogP contribution in [0.3, 0.4) is 0 Å². The summed E-state index contributed by atoms with van der Waals surface area (Å²) in [5.74, 6) is -1.09. The number of rotatable bonds is 9. The van der Waals surface area contributed by atoms with Gasteiger partial charge in [0.25, 0.3) is 9.84 Å². The summed E-state index contributed by atoms with van der Waals surface area (Å²) in [6.45, 7) is 0.397. The number of aromatic nitrogens is 3. The molecule has 2 aromatic heterocycles. The monoisotopic (exact) mass is 470 g/mol. The second-order valence-electron chi connectivity index (χ2n) is 6.99. The maximum Gasteiger partial charge on any atom is 0.414 e. The van der Waals surface area contributed by atoms with Gasteiger partial charge in [0, 0.05) is 18.8 Å². The summed E-state index contributed by atoms with van der Waals surface area (Å²) in [4.78, 5) is 28.3. The predicted molar refractivity (Wildman–Crippen MR) is 111 cm³/mol. The molecule has 0 aliphatic heterocycles. The normalized spacial score (nSPS) is 13.4. The molecule has 12 heteroatoms. The molecule has 33 heavy (non-hydrogen) atoms. The lowest BCUT2D eigenvalue weighted by molar-refractivity contribution is -0.832. The lowest BCUT2D eigenvalue weighted by atomic mass is 9.97. The minimum Gasteiger partial charge on any atom is -0.454 e. The van der Waals surface area contributed by atoms with E-state index in [0.29, 0.717) is 19.4 Å². The number of ether oxygens (including phenoxy) is 1. The van der Waals surface area contributed by atoms with Gasteiger partial charge in [-0.25, -0.2) is 8.42 Å². The van der Waals surface area contributed by atoms with Crippen LogP contribution in [0.5, 0.6) is 5.88 Å². The van der Waals surface area contributed by atoms with Crippen molar-refractivity contribution in [3.63, 3.8) is 0 Å². The Kier molecular flexibility index (Phi) is 6.18. The first kappa shape index (κ1) is 22.1. The molecule has 0 unspecified atom stereocenters. The molecule has 1 aliphatic rings. The number of ketones is 2. The Hall–Kier alpha value is -4.06. The van der Waals surface area contributed by atoms with Crippen LogP contribution in [-0.4, -0.2) is 43.3 Å². The first-order valence-corrected chi connectivity index (χ1v) is 11.4. The number of allylic oxidation sites excluding steroid dienone is 2. The Labute approximate surface area is 188 Å². The van der Waals surface area contributed by atoms with Gasteiger partial charge in [-0.1, -0.05) is 18.2 Å². The summed E-state index contributed by atoms with van der Waals surface area (Å²) in [5.41, 5.74) is 0.540. The van der Waals surface area contributed by atoms with Crippen LogP contribution in [0.2, 0.25) is 0 Å². The van der Waals surface area contributed by atoms with Crippen LogP contribution in [0.4, 0.5) is 0 Å². The number of hydrogen-bond donors (Lipinski definition) is 1. The van der Waals surface area contributed by atoms with E-state index >= 15 is 0 Å². The number of nitrogens with one attached hydrogen (secondary N) is 1. The highest BCUT2D eigenvalue weighted by molar-refractivity contribution is 7.91. The van der Waals surface area contributed by atoms with Gasteiger partial charge >= 0.3 is 10.9 Å². The third kappa shape index (κ3) is 4.46. The molecular weight excluding hydrogens is 452 g/mol. The predicted octanol–water partition coefficient (Wildman–Crippen LogP) is 1.25. The van der Waals surface area contributed by atoms with Gasteiger partial charge in [0.2, 0.25) is 5.78 Å². The molecule has 0 radical (unpaired) electrons. The average Bonchev–Trinajstić information content (AvgIpc) is 3.20. The van der Waals surface area contributed by atoms with Crippen LogP contribution in [0.25, 0.3) is 0 Å². The Bertz CT molecular complexity index is 1330. The van der Waals surface area contributed by atoms with Crippen LogP contribution >= 0.6 is 0 Å². The largest absolute Gasteiger partial charge is 0.454 e. The molecule has 1 aliphatic carbocycles. The molecule has 0 spiro atoms. The topological polar surface area (TPSA) is 155 Å². The highest BCUT2D eigenvalue weighted by atomic mass is 32.2. The van der Waals surface area contributed by atoms with Crippen molar-refractivity contribution in [2.45, 2.75) is 22.8 Å². The smallest absolute Gasteiger partial charge is 0.414 e. The van der Waals surface area contributed by atoms with Crippen molar-refractivity contribution in [2.24, 2.45) is 0 Å². The molecule has 0 amide bonds. The Balaban J connectivity index is 1.31. The van der Waals surface area contributed by atoms with Crippen molar-refractivity contribution in [1.29, 1.82) is 0 Å². The van der Waals surface area contributed by atoms with Gasteiger partial charge in [-0.05, 0) is 42.0 Å². The average molecular weight is 470 g/mol. The molecule has 1 aromatic carbocycles. The lowest BCUT2D eigenvalue weighted by Crippen LogP contribution is -2.31. The second kappa shape index (κ2) is 9.20. The molecular formula is C21H18N4O7S. The highest BCUT2D eigenvalue weighted by Crippen LogP contribution is 2.25. The quantitative estimate of drug-likeness (QED) is 0.357. The number of carbonyl (C=O) groups excluding carboxylic acids is 2. The fourth-order valence-corrected chi connectivity index (χ4v) is 4.47. The Morgan fingerprint density at radius 3 is 2.67 bits per heavy atom. The summed E-state index contributed by atoms with van der Waals surface area (Å²) < 4.78 is 35.2. The van der Waals surface area contributed by atoms with Crippen molar-refractivity contribution >= 4 is 21.4 Å². The van der Waals surface area contributed by atoms with E-state index in [-0.39, 0.29) is 44.9 Å². The first-order valence-electron chi connectivity index (χ1n) is 9.92. The van der Waals surface area contributed by atoms with Crippen LogP contribution < -0.4 is 15.0 Å². The summed E-state index contributed by atoms with van der Waals surface area (Å²) in [7, 11) is -4.18. The zero-order valence-electron chi connectivity index (χ0n) is 17.1. The number of pyridine rings is 1. The number of nitrogens with zero attached hydrogens (tertiary/aromatic N) is 3. The van der Waals surface area contributed by atoms with Crippen molar-refractivity contribution in [2.75, 3.05) is 13.2 Å². The van der Waals surface area contributed by atoms with E-state index in [1.807, 2.05) is 0 Å². The number of unbranched alkanes of at least 4 members (excludes halogenated alkanes) is 1. The molecule has 2 heterocycles. The van der Waals surface area contributed by atoms with Crippen molar-refractivity contribution in [1.82, 2.24) is 15.5 Å². The number of sulfone groups is 1. The van der Waals surface area contributed by atoms with E-state index in [9.17, 15) is 23.2 Å². The molecule has 0 fully saturated rings. The van der Waals surface area contributed by atoms with E-state index in [2.05, 4.69) is 20.1 Å². The fraction of sp³-hybridized carbons (Fsp3) is 0.190. The van der Waals surface area contributed by atoms with E-state index in [1.54, 1.807) is 18.2 Å². The van der Waals surface area contributed by atoms with E-state index in [4.69, 9.17) is 4.74 Å². The highest BCUT2D eigenvalue weighted by Gasteiger charge is 2.35. The summed E-state index contributed by atoms with van der Waals surface area (Å²) in [6.07, 6.45) is 3.65. The van der Waals surface area contributed by atoms with Crippen LogP contribution in [0.1, 0.15) is 33.7 Å². The molecule has 4 rings (SSSR count). The van der Waals surface area contributed by atoms with E-state index < -0.39 is 20.7 Å². The van der Waals surface area contributed by atoms with Crippen molar-refractivity contribution in [3.05, 3.63) is 76.9 Å². The van der Waals surface area contributed by atoms with E-state index in [1.165, 1.54) is 36.5 Å². The van der Waals surface area contributed by atoms with Gasteiger partial charge in [-0.15, -0.1) is 0 Å². The van der Waals surface area contributed by atoms with Crippen molar-refractivity contribution in [3.8, 4) is 5.88 Å². The van der Waals surface area contributed by atoms with Gasteiger partial charge in [0.1, 0.15) is 5.69 Å². The summed E-state index contributed by atoms with van der Waals surface area (Å²) in [6, 6.07) is 10.5. The molecule has 0 atom stereocenters. The number of fused-ring (bicyclic) bond motifs is 1. The number of benzene rings is 1. The van der Waals surface area contributed by atoms with Crippen LogP contribution in [0, 0.1) is 5.21 Å². The Morgan fingerprint density at radius 2 is 1.88 bits per heavy atom. The molecule has 0 bridgehead atoms.